The highest BCUT2D eigenvalue weighted by Crippen LogP contribution is 2.53. The quantitative estimate of drug-likeness (QED) is 0.309. The maximum absolute atomic E-state index is 13.6. The average Bonchev–Trinajstić information content (AvgIpc) is 2.49. The molecule has 0 radical (unpaired) electrons. The molecule has 0 saturated carbocycles. The molecule has 0 aliphatic rings. The zero-order valence-corrected chi connectivity index (χ0v) is 14.0. The van der Waals surface area contributed by atoms with E-state index >= 15 is 0 Å². The van der Waals surface area contributed by atoms with Crippen LogP contribution in [-0.4, -0.2) is 34.7 Å². The van der Waals surface area contributed by atoms with Crippen molar-refractivity contribution in [3.05, 3.63) is 0 Å². The maximum atomic E-state index is 13.6. The molecule has 1 atom stereocenters. The molecule has 0 bridgehead atoms. The fourth-order valence-corrected chi connectivity index (χ4v) is 1.88. The van der Waals surface area contributed by atoms with Gasteiger partial charge in [0.15, 0.2) is 0 Å². The van der Waals surface area contributed by atoms with E-state index < -0.39 is 59.4 Å². The Labute approximate surface area is 154 Å². The summed E-state index contributed by atoms with van der Waals surface area (Å²) in [5.74, 6) is -19.4. The fraction of sp³-hybridized carbons (Fsp3) is 0.833. The molecule has 0 fully saturated rings. The third-order valence-corrected chi connectivity index (χ3v) is 4.21. The van der Waals surface area contributed by atoms with E-state index in [9.17, 15) is 48.3 Å². The van der Waals surface area contributed by atoms with Crippen LogP contribution in [0.25, 0.3) is 0 Å². The van der Waals surface area contributed by atoms with Crippen LogP contribution in [0, 0.1) is 28.1 Å². The topological polar surface area (TPSA) is 47.6 Å². The molecule has 0 aliphatic heterocycles. The monoisotopic (exact) mass is 458 g/mol. The molecule has 0 heterocycles. The molecule has 0 saturated heterocycles. The van der Waals surface area contributed by atoms with Crippen LogP contribution in [-0.2, 0) is 0 Å². The Bertz CT molecular complexity index is 602. The van der Waals surface area contributed by atoms with Crippen molar-refractivity contribution in [2.75, 3.05) is 0 Å². The second-order valence-corrected chi connectivity index (χ2v) is 6.46. The highest BCUT2D eigenvalue weighted by Gasteiger charge is 2.76. The van der Waals surface area contributed by atoms with Crippen LogP contribution in [0.15, 0.2) is 0 Å². The lowest BCUT2D eigenvalue weighted by molar-refractivity contribution is -0.342. The molecule has 0 rings (SSSR count). The minimum absolute atomic E-state index is 0.678. The fourth-order valence-electron chi connectivity index (χ4n) is 1.69. The van der Waals surface area contributed by atoms with Crippen LogP contribution >= 0.6 is 23.2 Å². The first-order chi connectivity index (χ1) is 11.7. The highest BCUT2D eigenvalue weighted by molar-refractivity contribution is 6.32. The largest absolute Gasteiger partial charge is 0.377 e. The Morgan fingerprint density at radius 2 is 1.19 bits per heavy atom. The summed E-state index contributed by atoms with van der Waals surface area (Å²) in [4.78, 5) is 0. The van der Waals surface area contributed by atoms with Crippen LogP contribution < -0.4 is 0 Å². The van der Waals surface area contributed by atoms with Gasteiger partial charge in [-0.05, 0) is 18.0 Å². The molecule has 15 heteroatoms. The lowest BCUT2D eigenvalue weighted by Gasteiger charge is -2.35. The third kappa shape index (κ3) is 4.99. The van der Waals surface area contributed by atoms with Crippen molar-refractivity contribution in [3.63, 3.8) is 0 Å². The van der Waals surface area contributed by atoms with Crippen molar-refractivity contribution in [1.29, 1.82) is 10.5 Å². The first kappa shape index (κ1) is 25.8. The first-order valence-electron chi connectivity index (χ1n) is 6.42. The normalized spacial score (nSPS) is 16.6. The Balaban J connectivity index is 5.83. The van der Waals surface area contributed by atoms with Crippen molar-refractivity contribution in [3.8, 4) is 12.1 Å². The number of halogens is 13. The molecule has 156 valence electrons. The molecule has 1 unspecified atom stereocenters. The first-order valence-corrected chi connectivity index (χ1v) is 7.17. The van der Waals surface area contributed by atoms with Gasteiger partial charge in [-0.3, -0.25) is 0 Å². The zero-order chi connectivity index (χ0) is 22.1. The SMILES string of the molecule is N#CC(C#N)(CCC(F)(Cl)C(F)(F)Cl)CC(F)(F)C(F)(F)C(F)(F)C(F)F. The minimum Gasteiger partial charge on any atom is -0.218 e. The number of hydrogen-bond donors (Lipinski definition) is 0. The van der Waals surface area contributed by atoms with Crippen LogP contribution in [0.1, 0.15) is 19.3 Å². The maximum Gasteiger partial charge on any atom is 0.377 e. The Morgan fingerprint density at radius 3 is 1.48 bits per heavy atom. The third-order valence-electron chi connectivity index (χ3n) is 3.38. The van der Waals surface area contributed by atoms with E-state index in [1.165, 1.54) is 0 Å². The molecule has 0 aromatic carbocycles. The number of hydrogen-bond acceptors (Lipinski definition) is 2. The molecule has 0 amide bonds. The zero-order valence-electron chi connectivity index (χ0n) is 12.5. The standard InChI is InChI=1S/C12H7Cl2F11N2/c13-8(17,12(14,24)25)2-1-7(4-26,5-27)3-9(18,19)11(22,23)10(20,21)6(15)16/h6H,1-3H2. The van der Waals surface area contributed by atoms with Gasteiger partial charge in [-0.1, -0.05) is 11.6 Å². The van der Waals surface area contributed by atoms with E-state index in [0.717, 1.165) is 0 Å². The van der Waals surface area contributed by atoms with Crippen LogP contribution in [0.4, 0.5) is 48.3 Å². The van der Waals surface area contributed by atoms with Gasteiger partial charge in [0.2, 0.25) is 0 Å². The number of alkyl halides is 13. The van der Waals surface area contributed by atoms with Gasteiger partial charge in [0, 0.05) is 12.8 Å². The molecule has 0 aromatic heterocycles. The van der Waals surface area contributed by atoms with Crippen molar-refractivity contribution in [2.45, 2.75) is 54.0 Å². The molecule has 27 heavy (non-hydrogen) atoms. The van der Waals surface area contributed by atoms with E-state index in [4.69, 9.17) is 10.5 Å². The second kappa shape index (κ2) is 7.66. The molecule has 0 aliphatic carbocycles. The van der Waals surface area contributed by atoms with Gasteiger partial charge in [0.05, 0.1) is 12.1 Å². The molecule has 2 nitrogen and oxygen atoms in total. The van der Waals surface area contributed by atoms with E-state index in [2.05, 4.69) is 23.2 Å². The van der Waals surface area contributed by atoms with Gasteiger partial charge in [-0.15, -0.1) is 0 Å². The lowest BCUT2D eigenvalue weighted by atomic mass is 9.78. The van der Waals surface area contributed by atoms with E-state index in [0.29, 0.717) is 12.1 Å². The predicted octanol–water partition coefficient (Wildman–Crippen LogP) is 6.10. The Hall–Kier alpha value is -1.21. The van der Waals surface area contributed by atoms with Crippen molar-refractivity contribution in [2.24, 2.45) is 5.41 Å². The van der Waals surface area contributed by atoms with Gasteiger partial charge < -0.3 is 0 Å². The summed E-state index contributed by atoms with van der Waals surface area (Å²) in [5, 5.41) is 8.42. The smallest absolute Gasteiger partial charge is 0.218 e. The van der Waals surface area contributed by atoms with Crippen molar-refractivity contribution in [1.82, 2.24) is 0 Å². The number of nitrogens with zero attached hydrogens (tertiary/aromatic N) is 2. The van der Waals surface area contributed by atoms with Gasteiger partial charge in [0.1, 0.15) is 5.41 Å². The minimum atomic E-state index is -6.74. The van der Waals surface area contributed by atoms with E-state index in [-0.39, 0.29) is 0 Å². The summed E-state index contributed by atoms with van der Waals surface area (Å²) in [7, 11) is 0. The predicted molar refractivity (Wildman–Crippen MR) is 68.8 cm³/mol. The number of rotatable bonds is 9. The second-order valence-electron chi connectivity index (χ2n) is 5.39. The summed E-state index contributed by atoms with van der Waals surface area (Å²) in [5.41, 5.74) is -3.46. The van der Waals surface area contributed by atoms with Gasteiger partial charge >= 0.3 is 29.6 Å². The molecule has 0 aromatic rings. The number of nitriles is 2. The van der Waals surface area contributed by atoms with Crippen LogP contribution in [0.2, 0.25) is 0 Å². The Kier molecular flexibility index (Phi) is 7.32. The summed E-state index contributed by atoms with van der Waals surface area (Å²) in [6.07, 6.45) is -11.6. The highest BCUT2D eigenvalue weighted by atomic mass is 35.5. The summed E-state index contributed by atoms with van der Waals surface area (Å²) < 4.78 is 142. The van der Waals surface area contributed by atoms with Crippen molar-refractivity contribution >= 4 is 23.2 Å². The van der Waals surface area contributed by atoms with Gasteiger partial charge in [0.25, 0.3) is 5.13 Å². The Morgan fingerprint density at radius 1 is 0.778 bits per heavy atom. The molecular weight excluding hydrogens is 452 g/mol. The average molecular weight is 459 g/mol. The summed E-state index contributed by atoms with van der Waals surface area (Å²) in [6.45, 7) is 0. The van der Waals surface area contributed by atoms with Crippen LogP contribution in [0.5, 0.6) is 0 Å². The summed E-state index contributed by atoms with van der Waals surface area (Å²) >= 11 is 8.97. The van der Waals surface area contributed by atoms with Gasteiger partial charge in [-0.2, -0.15) is 45.6 Å². The lowest BCUT2D eigenvalue weighted by Crippen LogP contribution is -2.58. The van der Waals surface area contributed by atoms with Crippen molar-refractivity contribution < 1.29 is 48.3 Å². The molecular formula is C12H7Cl2F11N2. The molecule has 0 N–H and O–H groups in total. The van der Waals surface area contributed by atoms with E-state index in [1.54, 1.807) is 0 Å². The van der Waals surface area contributed by atoms with Crippen LogP contribution in [0.3, 0.4) is 0 Å². The van der Waals surface area contributed by atoms with Gasteiger partial charge in [-0.25, -0.2) is 13.2 Å². The van der Waals surface area contributed by atoms with E-state index in [1.807, 2.05) is 0 Å². The summed E-state index contributed by atoms with van der Waals surface area (Å²) in [6, 6.07) is 1.36. The molecule has 0 spiro atoms.